The molecule has 0 unspecified atom stereocenters. The van der Waals surface area contributed by atoms with Crippen molar-refractivity contribution in [3.8, 4) is 0 Å². The molecule has 0 aliphatic carbocycles. The molecule has 82 valence electrons. The van der Waals surface area contributed by atoms with Crippen molar-refractivity contribution in [1.29, 1.82) is 5.41 Å². The van der Waals surface area contributed by atoms with Gasteiger partial charge in [-0.15, -0.1) is 0 Å². The van der Waals surface area contributed by atoms with Gasteiger partial charge in [0, 0.05) is 5.56 Å². The van der Waals surface area contributed by atoms with Crippen LogP contribution in [0.2, 0.25) is 0 Å². The maximum Gasteiger partial charge on any atom is 0.265 e. The van der Waals surface area contributed by atoms with Gasteiger partial charge in [0.1, 0.15) is 12.4 Å². The maximum absolute atomic E-state index is 13.1. The van der Waals surface area contributed by atoms with Crippen LogP contribution in [-0.4, -0.2) is 9.69 Å². The van der Waals surface area contributed by atoms with Gasteiger partial charge >= 0.3 is 0 Å². The molecular weight excluding hydrogens is 263 g/mol. The van der Waals surface area contributed by atoms with Gasteiger partial charge in [-0.05, 0) is 6.07 Å². The van der Waals surface area contributed by atoms with E-state index in [1.807, 2.05) is 0 Å². The third-order valence-electron chi connectivity index (χ3n) is 1.59. The molecule has 0 bridgehead atoms. The topological polar surface area (TPSA) is 33.1 Å². The Morgan fingerprint density at radius 3 is 2.47 bits per heavy atom. The molecule has 1 aromatic carbocycles. The van der Waals surface area contributed by atoms with Crippen LogP contribution in [-0.2, 0) is 11.3 Å². The summed E-state index contributed by atoms with van der Waals surface area (Å²) in [6.07, 6.45) is 0. The normalized spacial score (nSPS) is 11.2. The van der Waals surface area contributed by atoms with Crippen LogP contribution < -0.4 is 0 Å². The minimum atomic E-state index is -1.91. The number of alkyl halides is 3. The van der Waals surface area contributed by atoms with Gasteiger partial charge in [0.15, 0.2) is 0 Å². The lowest BCUT2D eigenvalue weighted by Crippen LogP contribution is -2.21. The van der Waals surface area contributed by atoms with Gasteiger partial charge in [-0.2, -0.15) is 0 Å². The average molecular weight is 271 g/mol. The number of hydrogen-bond acceptors (Lipinski definition) is 2. The second kappa shape index (κ2) is 5.01. The van der Waals surface area contributed by atoms with E-state index in [0.717, 1.165) is 0 Å². The highest BCUT2D eigenvalue weighted by molar-refractivity contribution is 6.75. The fraction of sp³-hybridized carbons (Fsp3) is 0.222. The first-order valence-electron chi connectivity index (χ1n) is 3.93. The summed E-state index contributed by atoms with van der Waals surface area (Å²) in [7, 11) is 0. The van der Waals surface area contributed by atoms with Gasteiger partial charge in [0.2, 0.25) is 5.90 Å². The van der Waals surface area contributed by atoms with E-state index in [2.05, 4.69) is 0 Å². The SMILES string of the molecule is N=C(OCc1ccccc1F)C(Cl)(Cl)Cl. The molecule has 0 amide bonds. The van der Waals surface area contributed by atoms with Gasteiger partial charge in [0.05, 0.1) is 0 Å². The zero-order valence-electron chi connectivity index (χ0n) is 7.44. The lowest BCUT2D eigenvalue weighted by atomic mass is 10.2. The molecule has 15 heavy (non-hydrogen) atoms. The Bertz CT molecular complexity index is 365. The third kappa shape index (κ3) is 3.86. The number of nitrogens with one attached hydrogen (secondary N) is 1. The maximum atomic E-state index is 13.1. The van der Waals surface area contributed by atoms with E-state index in [0.29, 0.717) is 5.56 Å². The molecule has 1 aromatic rings. The van der Waals surface area contributed by atoms with Crippen molar-refractivity contribution in [3.63, 3.8) is 0 Å². The zero-order chi connectivity index (χ0) is 11.5. The highest BCUT2D eigenvalue weighted by atomic mass is 35.6. The molecule has 0 fully saturated rings. The first-order valence-corrected chi connectivity index (χ1v) is 5.06. The second-order valence-corrected chi connectivity index (χ2v) is 4.99. The van der Waals surface area contributed by atoms with Crippen LogP contribution in [0.15, 0.2) is 24.3 Å². The van der Waals surface area contributed by atoms with Crippen LogP contribution in [0.25, 0.3) is 0 Å². The number of halogens is 4. The number of benzene rings is 1. The highest BCUT2D eigenvalue weighted by Crippen LogP contribution is 2.28. The summed E-state index contributed by atoms with van der Waals surface area (Å²) in [5, 5.41) is 7.22. The second-order valence-electron chi connectivity index (χ2n) is 2.71. The molecule has 1 N–H and O–H groups in total. The van der Waals surface area contributed by atoms with Crippen molar-refractivity contribution in [1.82, 2.24) is 0 Å². The highest BCUT2D eigenvalue weighted by Gasteiger charge is 2.28. The number of rotatable bonds is 2. The predicted molar refractivity (Wildman–Crippen MR) is 59.2 cm³/mol. The standard InChI is InChI=1S/C9H7Cl3FNO/c10-9(11,12)8(14)15-5-6-3-1-2-4-7(6)13/h1-4,14H,5H2. The summed E-state index contributed by atoms with van der Waals surface area (Å²) < 4.78 is 16.0. The van der Waals surface area contributed by atoms with E-state index >= 15 is 0 Å². The van der Waals surface area contributed by atoms with Crippen molar-refractivity contribution >= 4 is 40.7 Å². The minimum Gasteiger partial charge on any atom is -0.473 e. The first kappa shape index (κ1) is 12.6. The van der Waals surface area contributed by atoms with E-state index in [1.165, 1.54) is 12.1 Å². The molecule has 0 saturated carbocycles. The van der Waals surface area contributed by atoms with Crippen molar-refractivity contribution in [2.75, 3.05) is 0 Å². The Kier molecular flexibility index (Phi) is 4.20. The molecule has 0 spiro atoms. The molecule has 0 heterocycles. The summed E-state index contributed by atoms with van der Waals surface area (Å²) in [6.45, 7) is -0.139. The fourth-order valence-corrected chi connectivity index (χ4v) is 1.01. The number of ether oxygens (including phenoxy) is 1. The summed E-state index contributed by atoms with van der Waals surface area (Å²) >= 11 is 16.1. The zero-order valence-corrected chi connectivity index (χ0v) is 9.70. The Balaban J connectivity index is 2.59. The molecule has 0 aromatic heterocycles. The largest absolute Gasteiger partial charge is 0.473 e. The minimum absolute atomic E-state index is 0.139. The molecule has 0 radical (unpaired) electrons. The van der Waals surface area contributed by atoms with Crippen LogP contribution in [0, 0.1) is 11.2 Å². The first-order chi connectivity index (χ1) is 6.91. The molecule has 1 rings (SSSR count). The van der Waals surface area contributed by atoms with Crippen LogP contribution in [0.3, 0.4) is 0 Å². The predicted octanol–water partition coefficient (Wildman–Crippen LogP) is 3.69. The van der Waals surface area contributed by atoms with Crippen LogP contribution in [0.5, 0.6) is 0 Å². The van der Waals surface area contributed by atoms with E-state index in [4.69, 9.17) is 44.9 Å². The molecular formula is C9H7Cl3FNO. The summed E-state index contributed by atoms with van der Waals surface area (Å²) in [5.41, 5.74) is 0.302. The molecule has 0 aliphatic rings. The van der Waals surface area contributed by atoms with E-state index < -0.39 is 15.5 Å². The van der Waals surface area contributed by atoms with E-state index in [1.54, 1.807) is 12.1 Å². The van der Waals surface area contributed by atoms with Crippen molar-refractivity contribution in [2.24, 2.45) is 0 Å². The Morgan fingerprint density at radius 2 is 1.93 bits per heavy atom. The monoisotopic (exact) mass is 269 g/mol. The van der Waals surface area contributed by atoms with Crippen LogP contribution >= 0.6 is 34.8 Å². The van der Waals surface area contributed by atoms with Gasteiger partial charge in [0.25, 0.3) is 3.79 Å². The smallest absolute Gasteiger partial charge is 0.265 e. The van der Waals surface area contributed by atoms with Gasteiger partial charge in [-0.1, -0.05) is 53.0 Å². The van der Waals surface area contributed by atoms with Gasteiger partial charge in [-0.25, -0.2) is 4.39 Å². The van der Waals surface area contributed by atoms with Gasteiger partial charge in [-0.3, -0.25) is 5.41 Å². The summed E-state index contributed by atoms with van der Waals surface area (Å²) in [5.74, 6) is -0.953. The summed E-state index contributed by atoms with van der Waals surface area (Å²) in [6, 6.07) is 6.03. The quantitative estimate of drug-likeness (QED) is 0.496. The average Bonchev–Trinajstić information content (AvgIpc) is 2.14. The van der Waals surface area contributed by atoms with Crippen molar-refractivity contribution in [2.45, 2.75) is 10.4 Å². The molecule has 2 nitrogen and oxygen atoms in total. The van der Waals surface area contributed by atoms with Gasteiger partial charge < -0.3 is 4.74 Å². The van der Waals surface area contributed by atoms with E-state index in [-0.39, 0.29) is 6.61 Å². The fourth-order valence-electron chi connectivity index (χ4n) is 0.847. The third-order valence-corrected chi connectivity index (χ3v) is 2.10. The molecule has 6 heteroatoms. The van der Waals surface area contributed by atoms with Crippen molar-refractivity contribution < 1.29 is 9.13 Å². The van der Waals surface area contributed by atoms with Crippen LogP contribution in [0.1, 0.15) is 5.56 Å². The van der Waals surface area contributed by atoms with E-state index in [9.17, 15) is 4.39 Å². The van der Waals surface area contributed by atoms with Crippen LogP contribution in [0.4, 0.5) is 4.39 Å². The Hall–Kier alpha value is -0.510. The summed E-state index contributed by atoms with van der Waals surface area (Å²) in [4.78, 5) is 0. The van der Waals surface area contributed by atoms with Crippen molar-refractivity contribution in [3.05, 3.63) is 35.6 Å². The molecule has 0 saturated heterocycles. The number of hydrogen-bond donors (Lipinski definition) is 1. The lowest BCUT2D eigenvalue weighted by Gasteiger charge is -2.13. The lowest BCUT2D eigenvalue weighted by molar-refractivity contribution is 0.278. The molecule has 0 atom stereocenters. The molecule has 0 aliphatic heterocycles. The Labute approximate surface area is 101 Å². The Morgan fingerprint density at radius 1 is 1.33 bits per heavy atom.